The van der Waals surface area contributed by atoms with E-state index < -0.39 is 0 Å². The molecule has 30 heavy (non-hydrogen) atoms. The molecule has 1 aliphatic rings. The number of amides is 1. The van der Waals surface area contributed by atoms with Crippen LogP contribution in [-0.2, 0) is 11.3 Å². The maximum atomic E-state index is 12.4. The number of hydrogen-bond donors (Lipinski definition) is 2. The lowest BCUT2D eigenvalue weighted by Gasteiger charge is -2.31. The number of nitrogens with one attached hydrogen (secondary N) is 2. The van der Waals surface area contributed by atoms with Crippen molar-refractivity contribution in [3.8, 4) is 5.69 Å². The fourth-order valence-electron chi connectivity index (χ4n) is 4.00. The third-order valence-corrected chi connectivity index (χ3v) is 5.54. The molecule has 7 nitrogen and oxygen atoms in total. The van der Waals surface area contributed by atoms with E-state index in [0.717, 1.165) is 42.1 Å². The molecule has 0 bridgehead atoms. The monoisotopic (exact) mass is 410 g/mol. The minimum atomic E-state index is 0.222. The van der Waals surface area contributed by atoms with Crippen molar-refractivity contribution in [3.05, 3.63) is 47.3 Å². The lowest BCUT2D eigenvalue weighted by atomic mass is 10.00. The van der Waals surface area contributed by atoms with Crippen LogP contribution < -0.4 is 10.6 Å². The quantitative estimate of drug-likeness (QED) is 0.567. The van der Waals surface area contributed by atoms with Crippen LogP contribution in [0.2, 0.25) is 0 Å². The summed E-state index contributed by atoms with van der Waals surface area (Å²) in [5.74, 6) is 1.52. The number of piperidine rings is 1. The molecular weight excluding hydrogens is 376 g/mol. The maximum absolute atomic E-state index is 12.4. The van der Waals surface area contributed by atoms with Crippen molar-refractivity contribution in [1.82, 2.24) is 25.3 Å². The van der Waals surface area contributed by atoms with E-state index in [4.69, 9.17) is 0 Å². The van der Waals surface area contributed by atoms with Crippen molar-refractivity contribution in [1.29, 1.82) is 0 Å². The standard InChI is InChI=1S/C23H34N6O/c1-17-8-7-13-28(16-17)22(30)11-12-25-23(24-4)26-15-20-9-5-6-10-21(20)29-19(3)14-18(2)27-29/h5-6,9-10,14,17H,7-8,11-13,15-16H2,1-4H3,(H2,24,25,26). The smallest absolute Gasteiger partial charge is 0.224 e. The average Bonchev–Trinajstić information content (AvgIpc) is 3.08. The van der Waals surface area contributed by atoms with E-state index in [2.05, 4.69) is 52.8 Å². The summed E-state index contributed by atoms with van der Waals surface area (Å²) in [6.07, 6.45) is 2.81. The van der Waals surface area contributed by atoms with E-state index in [1.54, 1.807) is 7.05 Å². The van der Waals surface area contributed by atoms with E-state index in [9.17, 15) is 4.79 Å². The van der Waals surface area contributed by atoms with Gasteiger partial charge in [-0.05, 0) is 50.3 Å². The largest absolute Gasteiger partial charge is 0.356 e. The van der Waals surface area contributed by atoms with Crippen molar-refractivity contribution < 1.29 is 4.79 Å². The summed E-state index contributed by atoms with van der Waals surface area (Å²) in [6.45, 7) is 9.24. The Kier molecular flexibility index (Phi) is 7.49. The van der Waals surface area contributed by atoms with Crippen molar-refractivity contribution in [2.45, 2.75) is 46.6 Å². The number of para-hydroxylation sites is 1. The predicted octanol–water partition coefficient (Wildman–Crippen LogP) is 2.80. The molecule has 0 saturated carbocycles. The summed E-state index contributed by atoms with van der Waals surface area (Å²) >= 11 is 0. The van der Waals surface area contributed by atoms with Gasteiger partial charge in [0.25, 0.3) is 0 Å². The highest BCUT2D eigenvalue weighted by Crippen LogP contribution is 2.17. The van der Waals surface area contributed by atoms with Gasteiger partial charge in [0.15, 0.2) is 5.96 Å². The topological polar surface area (TPSA) is 74.6 Å². The SMILES string of the molecule is CN=C(NCCC(=O)N1CCCC(C)C1)NCc1ccccc1-n1nc(C)cc1C. The first-order valence-corrected chi connectivity index (χ1v) is 10.8. The first-order chi connectivity index (χ1) is 14.5. The number of likely N-dealkylation sites (tertiary alicyclic amines) is 1. The molecule has 1 aromatic carbocycles. The van der Waals surface area contributed by atoms with E-state index in [1.165, 1.54) is 6.42 Å². The fourth-order valence-corrected chi connectivity index (χ4v) is 4.00. The molecule has 1 aromatic heterocycles. The van der Waals surface area contributed by atoms with Crippen molar-refractivity contribution in [2.75, 3.05) is 26.7 Å². The van der Waals surface area contributed by atoms with Crippen molar-refractivity contribution in [3.63, 3.8) is 0 Å². The molecule has 1 unspecified atom stereocenters. The van der Waals surface area contributed by atoms with Crippen LogP contribution >= 0.6 is 0 Å². The Bertz CT molecular complexity index is 888. The number of carbonyl (C=O) groups is 1. The molecule has 162 valence electrons. The van der Waals surface area contributed by atoms with Crippen LogP contribution in [0.5, 0.6) is 0 Å². The number of aliphatic imine (C=N–C) groups is 1. The highest BCUT2D eigenvalue weighted by molar-refractivity contribution is 5.81. The minimum absolute atomic E-state index is 0.222. The Balaban J connectivity index is 1.53. The second kappa shape index (κ2) is 10.3. The zero-order chi connectivity index (χ0) is 21.5. The molecule has 3 rings (SSSR count). The van der Waals surface area contributed by atoms with E-state index in [1.807, 2.05) is 28.6 Å². The van der Waals surface area contributed by atoms with Crippen LogP contribution in [0.25, 0.3) is 5.69 Å². The lowest BCUT2D eigenvalue weighted by Crippen LogP contribution is -2.42. The second-order valence-corrected chi connectivity index (χ2v) is 8.16. The lowest BCUT2D eigenvalue weighted by molar-refractivity contribution is -0.132. The Morgan fingerprint density at radius 1 is 1.27 bits per heavy atom. The van der Waals surface area contributed by atoms with Gasteiger partial charge in [0.1, 0.15) is 0 Å². The van der Waals surface area contributed by atoms with Gasteiger partial charge < -0.3 is 15.5 Å². The van der Waals surface area contributed by atoms with Crippen LogP contribution in [-0.4, -0.2) is 53.2 Å². The molecule has 2 N–H and O–H groups in total. The van der Waals surface area contributed by atoms with Gasteiger partial charge in [-0.25, -0.2) is 4.68 Å². The fraction of sp³-hybridized carbons (Fsp3) is 0.522. The molecule has 0 radical (unpaired) electrons. The molecule has 7 heteroatoms. The van der Waals surface area contributed by atoms with Crippen LogP contribution in [0.3, 0.4) is 0 Å². The van der Waals surface area contributed by atoms with Crippen LogP contribution in [0.15, 0.2) is 35.3 Å². The normalized spacial score (nSPS) is 17.1. The number of hydrogen-bond acceptors (Lipinski definition) is 3. The number of aryl methyl sites for hydroxylation is 2. The van der Waals surface area contributed by atoms with Crippen LogP contribution in [0.1, 0.15) is 43.1 Å². The Morgan fingerprint density at radius 2 is 2.07 bits per heavy atom. The van der Waals surface area contributed by atoms with Gasteiger partial charge in [-0.2, -0.15) is 5.10 Å². The zero-order valence-corrected chi connectivity index (χ0v) is 18.6. The second-order valence-electron chi connectivity index (χ2n) is 8.16. The molecule has 1 amide bonds. The molecule has 0 aliphatic carbocycles. The summed E-state index contributed by atoms with van der Waals surface area (Å²) in [7, 11) is 1.75. The molecule has 1 aliphatic heterocycles. The summed E-state index contributed by atoms with van der Waals surface area (Å²) in [4.78, 5) is 18.7. The number of guanidine groups is 1. The molecule has 2 aromatic rings. The zero-order valence-electron chi connectivity index (χ0n) is 18.6. The minimum Gasteiger partial charge on any atom is -0.356 e. The third kappa shape index (κ3) is 5.62. The summed E-state index contributed by atoms with van der Waals surface area (Å²) in [5.41, 5.74) is 4.29. The van der Waals surface area contributed by atoms with E-state index >= 15 is 0 Å². The van der Waals surface area contributed by atoms with E-state index in [-0.39, 0.29) is 5.91 Å². The number of nitrogens with zero attached hydrogens (tertiary/aromatic N) is 4. The van der Waals surface area contributed by atoms with Gasteiger partial charge in [-0.3, -0.25) is 9.79 Å². The highest BCUT2D eigenvalue weighted by atomic mass is 16.2. The van der Waals surface area contributed by atoms with Gasteiger partial charge >= 0.3 is 0 Å². The number of aromatic nitrogens is 2. The van der Waals surface area contributed by atoms with Crippen LogP contribution in [0, 0.1) is 19.8 Å². The summed E-state index contributed by atoms with van der Waals surface area (Å²) in [5, 5.41) is 11.2. The first-order valence-electron chi connectivity index (χ1n) is 10.8. The Labute approximate surface area is 179 Å². The van der Waals surface area contributed by atoms with Gasteiger partial charge in [-0.1, -0.05) is 25.1 Å². The number of carbonyl (C=O) groups excluding carboxylic acids is 1. The predicted molar refractivity (Wildman–Crippen MR) is 121 cm³/mol. The molecule has 1 atom stereocenters. The van der Waals surface area contributed by atoms with Gasteiger partial charge in [0.05, 0.1) is 11.4 Å². The first kappa shape index (κ1) is 21.9. The van der Waals surface area contributed by atoms with Gasteiger partial charge in [0.2, 0.25) is 5.91 Å². The Morgan fingerprint density at radius 3 is 2.77 bits per heavy atom. The summed E-state index contributed by atoms with van der Waals surface area (Å²) < 4.78 is 1.97. The van der Waals surface area contributed by atoms with Gasteiger partial charge in [0, 0.05) is 45.3 Å². The average molecular weight is 411 g/mol. The number of benzene rings is 1. The highest BCUT2D eigenvalue weighted by Gasteiger charge is 2.20. The molecule has 1 saturated heterocycles. The summed E-state index contributed by atoms with van der Waals surface area (Å²) in [6, 6.07) is 10.3. The van der Waals surface area contributed by atoms with Crippen molar-refractivity contribution >= 4 is 11.9 Å². The van der Waals surface area contributed by atoms with Crippen LogP contribution in [0.4, 0.5) is 0 Å². The molecule has 0 spiro atoms. The molecular formula is C23H34N6O. The van der Waals surface area contributed by atoms with Crippen molar-refractivity contribution in [2.24, 2.45) is 10.9 Å². The molecule has 2 heterocycles. The third-order valence-electron chi connectivity index (χ3n) is 5.54. The van der Waals surface area contributed by atoms with E-state index in [0.29, 0.717) is 31.4 Å². The Hall–Kier alpha value is -2.83. The van der Waals surface area contributed by atoms with Gasteiger partial charge in [-0.15, -0.1) is 0 Å². The maximum Gasteiger partial charge on any atom is 0.224 e. The number of rotatable bonds is 6. The molecule has 1 fully saturated rings.